The number of H-pyrrole nitrogens is 2. The standard InChI is InChI=1S/C13H11ClFN5O3/c14-8-2-1-3-9(15)7(8)6-16-19-11(21)5-4-10-12(22)17-13(23)20-18-10/h1-3,6H,4-5H2,(H,19,21)(H2,17,20,22,23)/b16-6-. The second-order valence-electron chi connectivity index (χ2n) is 4.38. The van der Waals surface area contributed by atoms with E-state index < -0.39 is 23.0 Å². The lowest BCUT2D eigenvalue weighted by Gasteiger charge is -2.01. The highest BCUT2D eigenvalue weighted by Crippen LogP contribution is 2.16. The van der Waals surface area contributed by atoms with Crippen LogP contribution in [0.15, 0.2) is 32.9 Å². The Morgan fingerprint density at radius 1 is 1.43 bits per heavy atom. The molecule has 0 unspecified atom stereocenters. The van der Waals surface area contributed by atoms with Crippen LogP contribution in [0.5, 0.6) is 0 Å². The van der Waals surface area contributed by atoms with E-state index in [-0.39, 0.29) is 29.1 Å². The van der Waals surface area contributed by atoms with Crippen LogP contribution in [0, 0.1) is 5.82 Å². The number of benzene rings is 1. The predicted octanol–water partition coefficient (Wildman–Crippen LogP) is 0.334. The Morgan fingerprint density at radius 3 is 2.91 bits per heavy atom. The molecule has 1 amide bonds. The molecule has 0 spiro atoms. The van der Waals surface area contributed by atoms with Crippen LogP contribution in [-0.2, 0) is 11.2 Å². The van der Waals surface area contributed by atoms with Crippen LogP contribution in [0.3, 0.4) is 0 Å². The molecule has 2 aromatic rings. The van der Waals surface area contributed by atoms with Crippen molar-refractivity contribution in [3.8, 4) is 0 Å². The zero-order valence-electron chi connectivity index (χ0n) is 11.6. The monoisotopic (exact) mass is 339 g/mol. The van der Waals surface area contributed by atoms with E-state index in [2.05, 4.69) is 20.7 Å². The van der Waals surface area contributed by atoms with Gasteiger partial charge in [-0.2, -0.15) is 10.2 Å². The second kappa shape index (κ2) is 7.45. The molecule has 0 aliphatic heterocycles. The van der Waals surface area contributed by atoms with Gasteiger partial charge < -0.3 is 0 Å². The average molecular weight is 340 g/mol. The fourth-order valence-electron chi connectivity index (χ4n) is 1.63. The summed E-state index contributed by atoms with van der Waals surface area (Å²) in [7, 11) is 0. The molecule has 2 rings (SSSR count). The fraction of sp³-hybridized carbons (Fsp3) is 0.154. The molecule has 0 saturated heterocycles. The maximum absolute atomic E-state index is 13.5. The fourth-order valence-corrected chi connectivity index (χ4v) is 1.84. The maximum atomic E-state index is 13.5. The summed E-state index contributed by atoms with van der Waals surface area (Å²) in [6.07, 6.45) is 0.999. The molecule has 0 bridgehead atoms. The number of hydrogen-bond acceptors (Lipinski definition) is 5. The van der Waals surface area contributed by atoms with Gasteiger partial charge in [0.25, 0.3) is 5.56 Å². The molecule has 0 aliphatic carbocycles. The number of carbonyl (C=O) groups is 1. The third-order valence-electron chi connectivity index (χ3n) is 2.75. The highest BCUT2D eigenvalue weighted by molar-refractivity contribution is 6.33. The van der Waals surface area contributed by atoms with Gasteiger partial charge in [-0.15, -0.1) is 0 Å². The Bertz CT molecular complexity index is 841. The van der Waals surface area contributed by atoms with Gasteiger partial charge >= 0.3 is 5.69 Å². The lowest BCUT2D eigenvalue weighted by atomic mass is 10.2. The van der Waals surface area contributed by atoms with Crippen LogP contribution in [0.4, 0.5) is 4.39 Å². The van der Waals surface area contributed by atoms with E-state index in [0.717, 1.165) is 6.21 Å². The Labute approximate surface area is 133 Å². The summed E-state index contributed by atoms with van der Waals surface area (Å²) in [5, 5.41) is 9.36. The number of hydrazone groups is 1. The molecule has 0 radical (unpaired) electrons. The van der Waals surface area contributed by atoms with Crippen molar-refractivity contribution < 1.29 is 9.18 Å². The van der Waals surface area contributed by atoms with Crippen LogP contribution in [0.1, 0.15) is 17.7 Å². The van der Waals surface area contributed by atoms with Crippen LogP contribution >= 0.6 is 11.6 Å². The van der Waals surface area contributed by atoms with Gasteiger partial charge in [-0.25, -0.2) is 19.7 Å². The zero-order valence-corrected chi connectivity index (χ0v) is 12.4. The van der Waals surface area contributed by atoms with E-state index >= 15 is 0 Å². The summed E-state index contributed by atoms with van der Waals surface area (Å²) in [6, 6.07) is 4.15. The first-order valence-corrected chi connectivity index (χ1v) is 6.79. The van der Waals surface area contributed by atoms with E-state index in [1.165, 1.54) is 18.2 Å². The summed E-state index contributed by atoms with van der Waals surface area (Å²) in [5.74, 6) is -1.08. The predicted molar refractivity (Wildman–Crippen MR) is 80.9 cm³/mol. The summed E-state index contributed by atoms with van der Waals surface area (Å²) in [6.45, 7) is 0. The molecule has 1 aromatic heterocycles. The van der Waals surface area contributed by atoms with Crippen LogP contribution in [0.25, 0.3) is 0 Å². The molecule has 0 saturated carbocycles. The first-order valence-electron chi connectivity index (χ1n) is 6.41. The largest absolute Gasteiger partial charge is 0.342 e. The van der Waals surface area contributed by atoms with E-state index in [0.29, 0.717) is 0 Å². The van der Waals surface area contributed by atoms with Crippen molar-refractivity contribution in [3.63, 3.8) is 0 Å². The minimum absolute atomic E-state index is 0.00786. The van der Waals surface area contributed by atoms with Gasteiger partial charge in [0, 0.05) is 18.4 Å². The van der Waals surface area contributed by atoms with Gasteiger partial charge in [0.05, 0.1) is 11.2 Å². The van der Waals surface area contributed by atoms with Crippen LogP contribution < -0.4 is 16.7 Å². The SMILES string of the molecule is O=C(CCc1n[nH]c(=O)[nH]c1=O)N/N=C\c1c(F)cccc1Cl. The Hall–Kier alpha value is -2.81. The lowest BCUT2D eigenvalue weighted by Crippen LogP contribution is -2.28. The number of rotatable bonds is 5. The molecule has 1 aromatic carbocycles. The quantitative estimate of drug-likeness (QED) is 0.537. The average Bonchev–Trinajstić information content (AvgIpc) is 2.49. The molecular formula is C13H11ClFN5O3. The van der Waals surface area contributed by atoms with Crippen LogP contribution in [-0.4, -0.2) is 27.3 Å². The number of carbonyl (C=O) groups excluding carboxylic acids is 1. The van der Waals surface area contributed by atoms with E-state index in [1.54, 1.807) is 0 Å². The van der Waals surface area contributed by atoms with Crippen molar-refractivity contribution >= 4 is 23.7 Å². The number of hydrogen-bond donors (Lipinski definition) is 3. The van der Waals surface area contributed by atoms with Gasteiger partial charge in [-0.1, -0.05) is 17.7 Å². The van der Waals surface area contributed by atoms with Crippen molar-refractivity contribution in [2.45, 2.75) is 12.8 Å². The summed E-state index contributed by atoms with van der Waals surface area (Å²) >= 11 is 5.80. The Kier molecular flexibility index (Phi) is 5.36. The molecule has 0 fully saturated rings. The van der Waals surface area contributed by atoms with Gasteiger partial charge in [0.15, 0.2) is 0 Å². The van der Waals surface area contributed by atoms with E-state index in [9.17, 15) is 18.8 Å². The number of nitrogens with one attached hydrogen (secondary N) is 3. The van der Waals surface area contributed by atoms with Gasteiger partial charge in [0.2, 0.25) is 5.91 Å². The maximum Gasteiger partial charge on any atom is 0.342 e. The van der Waals surface area contributed by atoms with Crippen molar-refractivity contribution in [2.24, 2.45) is 5.10 Å². The van der Waals surface area contributed by atoms with Crippen molar-refractivity contribution in [3.05, 3.63) is 61.1 Å². The van der Waals surface area contributed by atoms with Crippen molar-refractivity contribution in [1.82, 2.24) is 20.6 Å². The highest BCUT2D eigenvalue weighted by atomic mass is 35.5. The molecule has 0 aliphatic rings. The van der Waals surface area contributed by atoms with E-state index in [1.807, 2.05) is 4.98 Å². The van der Waals surface area contributed by atoms with Gasteiger partial charge in [-0.3, -0.25) is 14.6 Å². The molecule has 23 heavy (non-hydrogen) atoms. The van der Waals surface area contributed by atoms with Gasteiger partial charge in [0.1, 0.15) is 11.5 Å². The number of halogens is 2. The van der Waals surface area contributed by atoms with Crippen molar-refractivity contribution in [1.29, 1.82) is 0 Å². The van der Waals surface area contributed by atoms with E-state index in [4.69, 9.17) is 11.6 Å². The number of amides is 1. The molecule has 1 heterocycles. The molecule has 8 nitrogen and oxygen atoms in total. The minimum Gasteiger partial charge on any atom is -0.273 e. The molecule has 3 N–H and O–H groups in total. The zero-order chi connectivity index (χ0) is 16.8. The first kappa shape index (κ1) is 16.6. The third kappa shape index (κ3) is 4.58. The third-order valence-corrected chi connectivity index (χ3v) is 3.08. The summed E-state index contributed by atoms with van der Waals surface area (Å²) in [5.41, 5.74) is 0.853. The first-order chi connectivity index (χ1) is 11.0. The van der Waals surface area contributed by atoms with Crippen LogP contribution in [0.2, 0.25) is 5.02 Å². The Balaban J connectivity index is 1.91. The topological polar surface area (TPSA) is 120 Å². The normalized spacial score (nSPS) is 10.9. The molecular weight excluding hydrogens is 329 g/mol. The molecule has 120 valence electrons. The molecule has 0 atom stereocenters. The van der Waals surface area contributed by atoms with Gasteiger partial charge in [-0.05, 0) is 12.1 Å². The summed E-state index contributed by atoms with van der Waals surface area (Å²) < 4.78 is 13.5. The lowest BCUT2D eigenvalue weighted by molar-refractivity contribution is -0.121. The minimum atomic E-state index is -0.727. The molecule has 10 heteroatoms. The number of nitrogens with zero attached hydrogens (tertiary/aromatic N) is 2. The highest BCUT2D eigenvalue weighted by Gasteiger charge is 2.07. The number of aryl methyl sites for hydroxylation is 1. The smallest absolute Gasteiger partial charge is 0.273 e. The van der Waals surface area contributed by atoms with Crippen molar-refractivity contribution in [2.75, 3.05) is 0 Å². The number of aromatic amines is 2. The second-order valence-corrected chi connectivity index (χ2v) is 4.79. The summed E-state index contributed by atoms with van der Waals surface area (Å²) in [4.78, 5) is 35.8. The number of aromatic nitrogens is 3. The Morgan fingerprint density at radius 2 is 2.22 bits per heavy atom.